The van der Waals surface area contributed by atoms with Gasteiger partial charge >= 0.3 is 6.03 Å². The predicted molar refractivity (Wildman–Crippen MR) is 102 cm³/mol. The molecule has 1 aliphatic heterocycles. The maximum Gasteiger partial charge on any atom is 0.317 e. The summed E-state index contributed by atoms with van der Waals surface area (Å²) in [6.07, 6.45) is 1.81. The summed E-state index contributed by atoms with van der Waals surface area (Å²) in [5, 5.41) is 8.04. The van der Waals surface area contributed by atoms with E-state index in [0.717, 1.165) is 24.9 Å². The van der Waals surface area contributed by atoms with Crippen LogP contribution in [0.5, 0.6) is 0 Å². The monoisotopic (exact) mass is 369 g/mol. The Morgan fingerprint density at radius 3 is 2.73 bits per heavy atom. The quantitative estimate of drug-likeness (QED) is 0.851. The molecule has 0 radical (unpaired) electrons. The number of hydrogen-bond acceptors (Lipinski definition) is 3. The van der Waals surface area contributed by atoms with Crippen molar-refractivity contribution in [1.29, 1.82) is 0 Å². The average Bonchev–Trinajstić information content (AvgIpc) is 3.02. The second-order valence-electron chi connectivity index (χ2n) is 7.23. The van der Waals surface area contributed by atoms with Gasteiger partial charge in [0.15, 0.2) is 0 Å². The highest BCUT2D eigenvalue weighted by atomic mass is 32.1. The Labute approximate surface area is 157 Å². The van der Waals surface area contributed by atoms with E-state index < -0.39 is 0 Å². The van der Waals surface area contributed by atoms with Crippen molar-refractivity contribution in [3.05, 3.63) is 58.3 Å². The van der Waals surface area contributed by atoms with Gasteiger partial charge in [-0.1, -0.05) is 36.4 Å². The van der Waals surface area contributed by atoms with Crippen molar-refractivity contribution >= 4 is 23.3 Å². The molecule has 2 N–H and O–H groups in total. The number of rotatable bonds is 5. The highest BCUT2D eigenvalue weighted by molar-refractivity contribution is 7.09. The van der Waals surface area contributed by atoms with Gasteiger partial charge in [0.1, 0.15) is 0 Å². The van der Waals surface area contributed by atoms with E-state index in [1.807, 2.05) is 52.7 Å². The fraction of sp³-hybridized carbons (Fsp3) is 0.400. The Morgan fingerprint density at radius 1 is 1.12 bits per heavy atom. The summed E-state index contributed by atoms with van der Waals surface area (Å²) in [6.45, 7) is 2.55. The fourth-order valence-electron chi connectivity index (χ4n) is 3.83. The minimum absolute atomic E-state index is 0.00359. The molecule has 2 heterocycles. The number of nitrogens with one attached hydrogen (secondary N) is 2. The highest BCUT2D eigenvalue weighted by Gasteiger charge is 2.61. The molecule has 2 fully saturated rings. The molecule has 1 aliphatic carbocycles. The zero-order valence-electron chi connectivity index (χ0n) is 14.6. The average molecular weight is 369 g/mol. The Bertz CT molecular complexity index is 778. The van der Waals surface area contributed by atoms with Crippen LogP contribution in [0.3, 0.4) is 0 Å². The Hall–Kier alpha value is -2.34. The Morgan fingerprint density at radius 2 is 1.96 bits per heavy atom. The molecule has 136 valence electrons. The molecule has 1 aromatic carbocycles. The smallest absolute Gasteiger partial charge is 0.317 e. The van der Waals surface area contributed by atoms with Gasteiger partial charge in [0.05, 0.1) is 6.54 Å². The maximum atomic E-state index is 12.4. The minimum atomic E-state index is -0.0321. The predicted octanol–water partition coefficient (Wildman–Crippen LogP) is 2.99. The zero-order valence-corrected chi connectivity index (χ0v) is 15.4. The third kappa shape index (κ3) is 3.60. The van der Waals surface area contributed by atoms with Gasteiger partial charge < -0.3 is 15.5 Å². The third-order valence-corrected chi connectivity index (χ3v) is 6.36. The van der Waals surface area contributed by atoms with Gasteiger partial charge in [0, 0.05) is 35.8 Å². The normalized spacial score (nSPS) is 23.8. The number of urea groups is 1. The lowest BCUT2D eigenvalue weighted by Crippen LogP contribution is -2.38. The Kier molecular flexibility index (Phi) is 4.68. The van der Waals surface area contributed by atoms with Crippen LogP contribution in [-0.2, 0) is 17.9 Å². The van der Waals surface area contributed by atoms with E-state index in [0.29, 0.717) is 19.6 Å². The largest absolute Gasteiger partial charge is 0.351 e. The van der Waals surface area contributed by atoms with Gasteiger partial charge in [-0.3, -0.25) is 4.79 Å². The lowest BCUT2D eigenvalue weighted by molar-refractivity contribution is -0.123. The molecule has 4 rings (SSSR count). The number of amides is 3. The number of nitrogens with zero attached hydrogens (tertiary/aromatic N) is 1. The van der Waals surface area contributed by atoms with Crippen LogP contribution in [0.1, 0.15) is 23.3 Å². The SMILES string of the molecule is O=C(NCc1cccs1)[C@H]1C[C@]12CCN(C(=O)NCc1ccccc1)C2. The van der Waals surface area contributed by atoms with Crippen molar-refractivity contribution in [2.75, 3.05) is 13.1 Å². The molecule has 1 spiro atoms. The molecule has 6 heteroatoms. The van der Waals surface area contributed by atoms with Crippen molar-refractivity contribution in [3.8, 4) is 0 Å². The standard InChI is InChI=1S/C20H23N3O2S/c24-18(21-13-16-7-4-10-26-16)17-11-20(17)8-9-23(14-20)19(25)22-12-15-5-2-1-3-6-15/h1-7,10,17H,8-9,11-14H2,(H,21,24)(H,22,25)/t17-,20+/m1/s1. The lowest BCUT2D eigenvalue weighted by atomic mass is 10.0. The molecule has 1 saturated heterocycles. The first-order valence-electron chi connectivity index (χ1n) is 9.03. The lowest BCUT2D eigenvalue weighted by Gasteiger charge is -2.17. The van der Waals surface area contributed by atoms with Gasteiger partial charge in [-0.2, -0.15) is 0 Å². The first kappa shape index (κ1) is 17.1. The number of thiophene rings is 1. The van der Waals surface area contributed by atoms with Crippen LogP contribution in [0.15, 0.2) is 47.8 Å². The van der Waals surface area contributed by atoms with E-state index in [2.05, 4.69) is 10.6 Å². The summed E-state index contributed by atoms with van der Waals surface area (Å²) >= 11 is 1.65. The molecule has 1 aromatic heterocycles. The highest BCUT2D eigenvalue weighted by Crippen LogP contribution is 2.58. The second kappa shape index (κ2) is 7.11. The van der Waals surface area contributed by atoms with Gasteiger partial charge in [-0.15, -0.1) is 11.3 Å². The van der Waals surface area contributed by atoms with Crippen molar-refractivity contribution in [2.45, 2.75) is 25.9 Å². The summed E-state index contributed by atoms with van der Waals surface area (Å²) in [4.78, 5) is 27.9. The van der Waals surface area contributed by atoms with Crippen LogP contribution in [0.2, 0.25) is 0 Å². The van der Waals surface area contributed by atoms with E-state index >= 15 is 0 Å². The van der Waals surface area contributed by atoms with Gasteiger partial charge in [-0.25, -0.2) is 4.79 Å². The van der Waals surface area contributed by atoms with E-state index in [-0.39, 0.29) is 23.3 Å². The Balaban J connectivity index is 1.24. The first-order chi connectivity index (χ1) is 12.7. The second-order valence-corrected chi connectivity index (χ2v) is 8.26. The number of hydrogen-bond donors (Lipinski definition) is 2. The molecule has 1 saturated carbocycles. The summed E-state index contributed by atoms with van der Waals surface area (Å²) < 4.78 is 0. The van der Waals surface area contributed by atoms with E-state index in [1.54, 1.807) is 11.3 Å². The number of benzene rings is 1. The van der Waals surface area contributed by atoms with Crippen LogP contribution < -0.4 is 10.6 Å². The number of carbonyl (C=O) groups excluding carboxylic acids is 2. The summed E-state index contributed by atoms with van der Waals surface area (Å²) in [5.41, 5.74) is 1.09. The molecule has 26 heavy (non-hydrogen) atoms. The third-order valence-electron chi connectivity index (χ3n) is 5.48. The van der Waals surface area contributed by atoms with E-state index in [4.69, 9.17) is 0 Å². The molecule has 2 aliphatic rings. The van der Waals surface area contributed by atoms with E-state index in [1.165, 1.54) is 4.88 Å². The molecule has 2 aromatic rings. The summed E-state index contributed by atoms with van der Waals surface area (Å²) in [7, 11) is 0. The first-order valence-corrected chi connectivity index (χ1v) is 9.91. The van der Waals surface area contributed by atoms with Crippen molar-refractivity contribution in [3.63, 3.8) is 0 Å². The van der Waals surface area contributed by atoms with Crippen LogP contribution in [0, 0.1) is 11.3 Å². The van der Waals surface area contributed by atoms with Gasteiger partial charge in [0.2, 0.25) is 5.91 Å². The van der Waals surface area contributed by atoms with Crippen molar-refractivity contribution in [1.82, 2.24) is 15.5 Å². The van der Waals surface area contributed by atoms with Crippen molar-refractivity contribution < 1.29 is 9.59 Å². The van der Waals surface area contributed by atoms with Crippen LogP contribution in [0.4, 0.5) is 4.79 Å². The zero-order chi connectivity index (χ0) is 18.0. The van der Waals surface area contributed by atoms with E-state index in [9.17, 15) is 9.59 Å². The summed E-state index contributed by atoms with van der Waals surface area (Å²) in [5.74, 6) is 0.180. The van der Waals surface area contributed by atoms with Crippen LogP contribution in [0.25, 0.3) is 0 Å². The van der Waals surface area contributed by atoms with Gasteiger partial charge in [-0.05, 0) is 29.9 Å². The molecule has 5 nitrogen and oxygen atoms in total. The molecule has 2 atom stereocenters. The maximum absolute atomic E-state index is 12.4. The number of likely N-dealkylation sites (tertiary alicyclic amines) is 1. The molecular formula is C20H23N3O2S. The molecular weight excluding hydrogens is 346 g/mol. The molecule has 0 unspecified atom stereocenters. The topological polar surface area (TPSA) is 61.4 Å². The minimum Gasteiger partial charge on any atom is -0.351 e. The van der Waals surface area contributed by atoms with Crippen LogP contribution in [-0.4, -0.2) is 29.9 Å². The molecule has 3 amide bonds. The summed E-state index contributed by atoms with van der Waals surface area (Å²) in [6, 6.07) is 13.9. The fourth-order valence-corrected chi connectivity index (χ4v) is 4.48. The molecule has 0 bridgehead atoms. The number of carbonyl (C=O) groups is 2. The van der Waals surface area contributed by atoms with Crippen molar-refractivity contribution in [2.24, 2.45) is 11.3 Å². The van der Waals surface area contributed by atoms with Gasteiger partial charge in [0.25, 0.3) is 0 Å². The van der Waals surface area contributed by atoms with Crippen LogP contribution >= 0.6 is 11.3 Å².